The maximum atomic E-state index is 12.4. The molecular weight excluding hydrogens is 242 g/mol. The first-order chi connectivity index (χ1) is 9.06. The topological polar surface area (TPSA) is 57.6 Å². The molecule has 2 fully saturated rings. The number of carboxylic acids is 1. The third kappa shape index (κ3) is 2.93. The van der Waals surface area contributed by atoms with Crippen molar-refractivity contribution in [1.82, 2.24) is 4.90 Å². The summed E-state index contributed by atoms with van der Waals surface area (Å²) in [4.78, 5) is 25.6. The summed E-state index contributed by atoms with van der Waals surface area (Å²) >= 11 is 0. The van der Waals surface area contributed by atoms with Crippen LogP contribution in [0, 0.1) is 5.92 Å². The number of carbonyl (C=O) groups is 2. The van der Waals surface area contributed by atoms with Gasteiger partial charge in [0.25, 0.3) is 0 Å². The Hall–Kier alpha value is -1.06. The van der Waals surface area contributed by atoms with E-state index in [-0.39, 0.29) is 5.91 Å². The van der Waals surface area contributed by atoms with Gasteiger partial charge in [-0.3, -0.25) is 4.79 Å². The number of nitrogens with zero attached hydrogens (tertiary/aromatic N) is 1. The van der Waals surface area contributed by atoms with Gasteiger partial charge in [0.1, 0.15) is 5.54 Å². The first-order valence-corrected chi connectivity index (χ1v) is 7.56. The molecule has 0 bridgehead atoms. The second-order valence-electron chi connectivity index (χ2n) is 6.20. The van der Waals surface area contributed by atoms with Crippen LogP contribution < -0.4 is 0 Å². The number of hydrogen-bond acceptors (Lipinski definition) is 2. The van der Waals surface area contributed by atoms with Crippen molar-refractivity contribution in [3.8, 4) is 0 Å². The molecule has 4 nitrogen and oxygen atoms in total. The van der Waals surface area contributed by atoms with E-state index in [1.165, 1.54) is 12.8 Å². The van der Waals surface area contributed by atoms with Crippen LogP contribution >= 0.6 is 0 Å². The molecule has 0 radical (unpaired) electrons. The van der Waals surface area contributed by atoms with Crippen LogP contribution in [0.1, 0.15) is 64.2 Å². The van der Waals surface area contributed by atoms with E-state index in [1.54, 1.807) is 11.9 Å². The predicted molar refractivity (Wildman–Crippen MR) is 72.8 cm³/mol. The van der Waals surface area contributed by atoms with Crippen LogP contribution in [0.25, 0.3) is 0 Å². The van der Waals surface area contributed by atoms with Gasteiger partial charge in [-0.1, -0.05) is 32.1 Å². The lowest BCUT2D eigenvalue weighted by atomic mass is 9.80. The monoisotopic (exact) mass is 267 g/mol. The van der Waals surface area contributed by atoms with Crippen molar-refractivity contribution >= 4 is 11.9 Å². The van der Waals surface area contributed by atoms with Crippen molar-refractivity contribution in [1.29, 1.82) is 0 Å². The van der Waals surface area contributed by atoms with E-state index in [0.29, 0.717) is 25.2 Å². The van der Waals surface area contributed by atoms with Crippen LogP contribution in [0.4, 0.5) is 0 Å². The number of rotatable bonds is 4. The quantitative estimate of drug-likeness (QED) is 0.852. The molecule has 1 N–H and O–H groups in total. The first kappa shape index (κ1) is 14.4. The predicted octanol–water partition coefficient (Wildman–Crippen LogP) is 2.81. The number of amides is 1. The van der Waals surface area contributed by atoms with E-state index >= 15 is 0 Å². The smallest absolute Gasteiger partial charge is 0.329 e. The number of aliphatic carboxylic acids is 1. The minimum atomic E-state index is -0.937. The molecule has 0 aromatic heterocycles. The summed E-state index contributed by atoms with van der Waals surface area (Å²) in [5.41, 5.74) is -0.937. The SMILES string of the molecule is CN(C(=O)CC1CCCC1)C1(C(=O)O)CCCCC1. The minimum absolute atomic E-state index is 0.0243. The Labute approximate surface area is 115 Å². The maximum Gasteiger partial charge on any atom is 0.329 e. The van der Waals surface area contributed by atoms with Crippen LogP contribution in [-0.4, -0.2) is 34.5 Å². The average Bonchev–Trinajstić information content (AvgIpc) is 2.91. The molecule has 4 heteroatoms. The van der Waals surface area contributed by atoms with Gasteiger partial charge in [0.2, 0.25) is 5.91 Å². The summed E-state index contributed by atoms with van der Waals surface area (Å²) in [5, 5.41) is 9.58. The maximum absolute atomic E-state index is 12.4. The lowest BCUT2D eigenvalue weighted by Crippen LogP contribution is -2.56. The fraction of sp³-hybridized carbons (Fsp3) is 0.867. The van der Waals surface area contributed by atoms with Crippen molar-refractivity contribution in [2.75, 3.05) is 7.05 Å². The van der Waals surface area contributed by atoms with Gasteiger partial charge in [-0.15, -0.1) is 0 Å². The Morgan fingerprint density at radius 3 is 2.21 bits per heavy atom. The van der Waals surface area contributed by atoms with Crippen LogP contribution in [-0.2, 0) is 9.59 Å². The highest BCUT2D eigenvalue weighted by Gasteiger charge is 2.45. The van der Waals surface area contributed by atoms with Crippen molar-refractivity contribution in [3.05, 3.63) is 0 Å². The molecule has 0 aromatic rings. The zero-order valence-corrected chi connectivity index (χ0v) is 11.9. The zero-order valence-electron chi connectivity index (χ0n) is 11.9. The van der Waals surface area contributed by atoms with Crippen molar-refractivity contribution in [2.24, 2.45) is 5.92 Å². The van der Waals surface area contributed by atoms with Crippen LogP contribution in [0.5, 0.6) is 0 Å². The molecule has 2 rings (SSSR count). The number of carbonyl (C=O) groups excluding carboxylic acids is 1. The highest BCUT2D eigenvalue weighted by atomic mass is 16.4. The van der Waals surface area contributed by atoms with Gasteiger partial charge in [0.15, 0.2) is 0 Å². The lowest BCUT2D eigenvalue weighted by molar-refractivity contribution is -0.160. The van der Waals surface area contributed by atoms with Gasteiger partial charge in [-0.25, -0.2) is 4.79 Å². The largest absolute Gasteiger partial charge is 0.479 e. The third-order valence-electron chi connectivity index (χ3n) is 5.03. The molecule has 2 saturated carbocycles. The zero-order chi connectivity index (χ0) is 13.9. The molecule has 0 aliphatic heterocycles. The summed E-state index contributed by atoms with van der Waals surface area (Å²) in [6.07, 6.45) is 9.33. The molecule has 1 amide bonds. The lowest BCUT2D eigenvalue weighted by Gasteiger charge is -2.41. The molecule has 0 saturated heterocycles. The van der Waals surface area contributed by atoms with Gasteiger partial charge < -0.3 is 10.0 Å². The average molecular weight is 267 g/mol. The molecule has 0 atom stereocenters. The molecule has 0 spiro atoms. The van der Waals surface area contributed by atoms with E-state index in [2.05, 4.69) is 0 Å². The number of carboxylic acid groups (broad SMARTS) is 1. The van der Waals surface area contributed by atoms with Crippen LogP contribution in [0.3, 0.4) is 0 Å². The number of likely N-dealkylation sites (N-methyl/N-ethyl adjacent to an activating group) is 1. The number of hydrogen-bond donors (Lipinski definition) is 1. The molecular formula is C15H25NO3. The molecule has 0 aromatic carbocycles. The second kappa shape index (κ2) is 5.93. The molecule has 108 valence electrons. The molecule has 19 heavy (non-hydrogen) atoms. The van der Waals surface area contributed by atoms with Crippen molar-refractivity contribution in [2.45, 2.75) is 69.7 Å². The van der Waals surface area contributed by atoms with Crippen molar-refractivity contribution < 1.29 is 14.7 Å². The van der Waals surface area contributed by atoms with Gasteiger partial charge in [0.05, 0.1) is 0 Å². The summed E-state index contributed by atoms with van der Waals surface area (Å²) in [5.74, 6) is -0.324. The minimum Gasteiger partial charge on any atom is -0.479 e. The van der Waals surface area contributed by atoms with E-state index in [9.17, 15) is 14.7 Å². The standard InChI is InChI=1S/C15H25NO3/c1-16(13(17)11-12-7-3-4-8-12)15(14(18)19)9-5-2-6-10-15/h12H,2-11H2,1H3,(H,18,19). The Kier molecular flexibility index (Phi) is 4.48. The van der Waals surface area contributed by atoms with E-state index in [4.69, 9.17) is 0 Å². The first-order valence-electron chi connectivity index (χ1n) is 7.56. The van der Waals surface area contributed by atoms with Crippen molar-refractivity contribution in [3.63, 3.8) is 0 Å². The van der Waals surface area contributed by atoms with Gasteiger partial charge >= 0.3 is 5.97 Å². The highest BCUT2D eigenvalue weighted by Crippen LogP contribution is 2.35. The second-order valence-corrected chi connectivity index (χ2v) is 6.20. The molecule has 0 heterocycles. The van der Waals surface area contributed by atoms with Gasteiger partial charge in [-0.05, 0) is 31.6 Å². The van der Waals surface area contributed by atoms with E-state index < -0.39 is 11.5 Å². The Balaban J connectivity index is 2.03. The molecule has 2 aliphatic carbocycles. The molecule has 2 aliphatic rings. The van der Waals surface area contributed by atoms with Crippen LogP contribution in [0.2, 0.25) is 0 Å². The van der Waals surface area contributed by atoms with E-state index in [0.717, 1.165) is 32.1 Å². The van der Waals surface area contributed by atoms with Gasteiger partial charge in [0, 0.05) is 13.5 Å². The fourth-order valence-electron chi connectivity index (χ4n) is 3.67. The summed E-state index contributed by atoms with van der Waals surface area (Å²) in [6, 6.07) is 0. The fourth-order valence-corrected chi connectivity index (χ4v) is 3.67. The normalized spacial score (nSPS) is 23.2. The Morgan fingerprint density at radius 1 is 1.11 bits per heavy atom. The molecule has 0 unspecified atom stereocenters. The third-order valence-corrected chi connectivity index (χ3v) is 5.03. The summed E-state index contributed by atoms with van der Waals surface area (Å²) < 4.78 is 0. The van der Waals surface area contributed by atoms with Crippen LogP contribution in [0.15, 0.2) is 0 Å². The van der Waals surface area contributed by atoms with E-state index in [1.807, 2.05) is 0 Å². The van der Waals surface area contributed by atoms with Gasteiger partial charge in [-0.2, -0.15) is 0 Å². The Morgan fingerprint density at radius 2 is 1.68 bits per heavy atom. The highest BCUT2D eigenvalue weighted by molar-refractivity contribution is 5.87. The summed E-state index contributed by atoms with van der Waals surface area (Å²) in [7, 11) is 1.69. The summed E-state index contributed by atoms with van der Waals surface area (Å²) in [6.45, 7) is 0. The Bertz CT molecular complexity index is 341.